The van der Waals surface area contributed by atoms with Crippen molar-refractivity contribution in [1.29, 1.82) is 0 Å². The molecule has 3 heteroatoms. The molecule has 1 N–H and O–H groups in total. The van der Waals surface area contributed by atoms with E-state index in [-0.39, 0.29) is 5.82 Å². The summed E-state index contributed by atoms with van der Waals surface area (Å²) in [6.07, 6.45) is 2.47. The van der Waals surface area contributed by atoms with Crippen LogP contribution in [0.4, 0.5) is 10.1 Å². The highest BCUT2D eigenvalue weighted by atomic mass is 19.1. The molecule has 1 aromatic rings. The fourth-order valence-electron chi connectivity index (χ4n) is 2.74. The van der Waals surface area contributed by atoms with Crippen molar-refractivity contribution >= 4 is 5.69 Å². The summed E-state index contributed by atoms with van der Waals surface area (Å²) in [4.78, 5) is 2.30. The molecule has 0 radical (unpaired) electrons. The van der Waals surface area contributed by atoms with Crippen LogP contribution in [-0.2, 0) is 0 Å². The van der Waals surface area contributed by atoms with Crippen molar-refractivity contribution in [3.63, 3.8) is 0 Å². The van der Waals surface area contributed by atoms with Gasteiger partial charge in [0.25, 0.3) is 0 Å². The van der Waals surface area contributed by atoms with Crippen LogP contribution in [0.1, 0.15) is 12.8 Å². The van der Waals surface area contributed by atoms with Gasteiger partial charge in [-0.05, 0) is 36.5 Å². The summed E-state index contributed by atoms with van der Waals surface area (Å²) in [7, 11) is 0. The van der Waals surface area contributed by atoms with Crippen LogP contribution in [0.5, 0.6) is 0 Å². The van der Waals surface area contributed by atoms with Crippen molar-refractivity contribution in [3.8, 4) is 0 Å². The number of benzene rings is 1. The van der Waals surface area contributed by atoms with Crippen molar-refractivity contribution in [2.45, 2.75) is 12.8 Å². The molecule has 2 aliphatic rings. The van der Waals surface area contributed by atoms with Crippen LogP contribution in [-0.4, -0.2) is 26.2 Å². The Hall–Kier alpha value is -1.09. The lowest BCUT2D eigenvalue weighted by atomic mass is 9.73. The lowest BCUT2D eigenvalue weighted by molar-refractivity contribution is 0.126. The Bertz CT molecular complexity index is 377. The second kappa shape index (κ2) is 3.74. The average Bonchev–Trinajstić information content (AvgIpc) is 2.27. The van der Waals surface area contributed by atoms with Gasteiger partial charge in [-0.15, -0.1) is 0 Å². The number of piperidine rings is 1. The molecule has 86 valence electrons. The third-order valence-electron chi connectivity index (χ3n) is 4.00. The van der Waals surface area contributed by atoms with E-state index in [2.05, 4.69) is 10.2 Å². The first-order chi connectivity index (χ1) is 7.77. The fraction of sp³-hybridized carbons (Fsp3) is 0.538. The highest BCUT2D eigenvalue weighted by Crippen LogP contribution is 2.36. The maximum absolute atomic E-state index is 13.1. The SMILES string of the molecule is Fc1cccc(N2CCC3(CC2)CNC3)c1. The van der Waals surface area contributed by atoms with Crippen LogP contribution in [0.15, 0.2) is 24.3 Å². The monoisotopic (exact) mass is 220 g/mol. The number of nitrogens with zero attached hydrogens (tertiary/aromatic N) is 1. The predicted molar refractivity (Wildman–Crippen MR) is 63.1 cm³/mol. The Morgan fingerprint density at radius 3 is 2.50 bits per heavy atom. The quantitative estimate of drug-likeness (QED) is 0.779. The van der Waals surface area contributed by atoms with Gasteiger partial charge in [0, 0.05) is 31.9 Å². The van der Waals surface area contributed by atoms with E-state index in [0.717, 1.165) is 18.8 Å². The molecule has 1 aromatic carbocycles. The number of anilines is 1. The molecule has 2 fully saturated rings. The van der Waals surface area contributed by atoms with Gasteiger partial charge in [-0.3, -0.25) is 0 Å². The van der Waals surface area contributed by atoms with Crippen molar-refractivity contribution in [1.82, 2.24) is 5.32 Å². The van der Waals surface area contributed by atoms with Crippen LogP contribution < -0.4 is 10.2 Å². The Morgan fingerprint density at radius 2 is 1.94 bits per heavy atom. The topological polar surface area (TPSA) is 15.3 Å². The van der Waals surface area contributed by atoms with E-state index in [0.29, 0.717) is 5.41 Å². The molecule has 2 aliphatic heterocycles. The van der Waals surface area contributed by atoms with Crippen LogP contribution in [0, 0.1) is 11.2 Å². The van der Waals surface area contributed by atoms with E-state index < -0.39 is 0 Å². The molecule has 0 amide bonds. The molecule has 1 spiro atoms. The normalized spacial score (nSPS) is 23.2. The number of halogens is 1. The maximum Gasteiger partial charge on any atom is 0.125 e. The zero-order chi connectivity index (χ0) is 11.0. The van der Waals surface area contributed by atoms with Gasteiger partial charge < -0.3 is 10.2 Å². The van der Waals surface area contributed by atoms with Crippen molar-refractivity contribution < 1.29 is 4.39 Å². The average molecular weight is 220 g/mol. The number of hydrogen-bond donors (Lipinski definition) is 1. The second-order valence-corrected chi connectivity index (χ2v) is 5.07. The minimum Gasteiger partial charge on any atom is -0.371 e. The van der Waals surface area contributed by atoms with E-state index in [1.165, 1.54) is 32.0 Å². The van der Waals surface area contributed by atoms with Gasteiger partial charge in [-0.1, -0.05) is 6.07 Å². The first kappa shape index (κ1) is 10.1. The minimum atomic E-state index is -0.136. The number of rotatable bonds is 1. The van der Waals surface area contributed by atoms with E-state index >= 15 is 0 Å². The van der Waals surface area contributed by atoms with Gasteiger partial charge in [0.15, 0.2) is 0 Å². The van der Waals surface area contributed by atoms with E-state index in [1.54, 1.807) is 12.1 Å². The van der Waals surface area contributed by atoms with Crippen LogP contribution in [0.3, 0.4) is 0 Å². The van der Waals surface area contributed by atoms with E-state index in [4.69, 9.17) is 0 Å². The van der Waals surface area contributed by atoms with Gasteiger partial charge in [-0.2, -0.15) is 0 Å². The summed E-state index contributed by atoms with van der Waals surface area (Å²) in [6, 6.07) is 6.93. The zero-order valence-electron chi connectivity index (χ0n) is 9.38. The Morgan fingerprint density at radius 1 is 1.19 bits per heavy atom. The first-order valence-corrected chi connectivity index (χ1v) is 5.99. The molecule has 3 rings (SSSR count). The molecule has 0 aromatic heterocycles. The summed E-state index contributed by atoms with van der Waals surface area (Å²) in [5.41, 5.74) is 1.59. The summed E-state index contributed by atoms with van der Waals surface area (Å²) < 4.78 is 13.1. The molecule has 0 saturated carbocycles. The van der Waals surface area contributed by atoms with Crippen molar-refractivity contribution in [2.75, 3.05) is 31.1 Å². The van der Waals surface area contributed by atoms with Crippen LogP contribution in [0.25, 0.3) is 0 Å². The molecule has 0 bridgehead atoms. The van der Waals surface area contributed by atoms with E-state index in [9.17, 15) is 4.39 Å². The third-order valence-corrected chi connectivity index (χ3v) is 4.00. The number of nitrogens with one attached hydrogen (secondary N) is 1. The molecule has 2 saturated heterocycles. The number of hydrogen-bond acceptors (Lipinski definition) is 2. The van der Waals surface area contributed by atoms with Crippen molar-refractivity contribution in [3.05, 3.63) is 30.1 Å². The van der Waals surface area contributed by atoms with Crippen LogP contribution >= 0.6 is 0 Å². The summed E-state index contributed by atoms with van der Waals surface area (Å²) in [6.45, 7) is 4.46. The molecular formula is C13H17FN2. The minimum absolute atomic E-state index is 0.136. The standard InChI is InChI=1S/C13H17FN2/c14-11-2-1-3-12(8-11)16-6-4-13(5-7-16)9-15-10-13/h1-3,8,15H,4-7,9-10H2. The van der Waals surface area contributed by atoms with Gasteiger partial charge in [0.2, 0.25) is 0 Å². The Balaban J connectivity index is 1.69. The summed E-state index contributed by atoms with van der Waals surface area (Å²) in [5.74, 6) is -0.136. The van der Waals surface area contributed by atoms with Gasteiger partial charge in [0.05, 0.1) is 0 Å². The third kappa shape index (κ3) is 1.69. The lowest BCUT2D eigenvalue weighted by Crippen LogP contribution is -2.58. The Labute approximate surface area is 95.4 Å². The molecular weight excluding hydrogens is 203 g/mol. The fourth-order valence-corrected chi connectivity index (χ4v) is 2.74. The Kier molecular flexibility index (Phi) is 2.36. The lowest BCUT2D eigenvalue weighted by Gasteiger charge is -2.48. The van der Waals surface area contributed by atoms with Crippen LogP contribution in [0.2, 0.25) is 0 Å². The molecule has 0 atom stereocenters. The van der Waals surface area contributed by atoms with Crippen molar-refractivity contribution in [2.24, 2.45) is 5.41 Å². The molecule has 2 heterocycles. The molecule has 16 heavy (non-hydrogen) atoms. The zero-order valence-corrected chi connectivity index (χ0v) is 9.38. The summed E-state index contributed by atoms with van der Waals surface area (Å²) in [5, 5.41) is 3.36. The summed E-state index contributed by atoms with van der Waals surface area (Å²) >= 11 is 0. The highest BCUT2D eigenvalue weighted by molar-refractivity contribution is 5.47. The maximum atomic E-state index is 13.1. The molecule has 0 unspecified atom stereocenters. The molecule has 2 nitrogen and oxygen atoms in total. The van der Waals surface area contributed by atoms with Gasteiger partial charge in [-0.25, -0.2) is 4.39 Å². The largest absolute Gasteiger partial charge is 0.371 e. The second-order valence-electron chi connectivity index (χ2n) is 5.07. The molecule has 0 aliphatic carbocycles. The van der Waals surface area contributed by atoms with Gasteiger partial charge >= 0.3 is 0 Å². The van der Waals surface area contributed by atoms with Gasteiger partial charge in [0.1, 0.15) is 5.82 Å². The predicted octanol–water partition coefficient (Wildman–Crippen LogP) is 2.02. The van der Waals surface area contributed by atoms with E-state index in [1.807, 2.05) is 6.07 Å². The first-order valence-electron chi connectivity index (χ1n) is 5.99. The smallest absolute Gasteiger partial charge is 0.125 e. The highest BCUT2D eigenvalue weighted by Gasteiger charge is 2.39.